The van der Waals surface area contributed by atoms with Crippen LogP contribution in [0.15, 0.2) is 29.3 Å². The molecule has 0 aliphatic carbocycles. The highest BCUT2D eigenvalue weighted by Gasteiger charge is 2.13. The van der Waals surface area contributed by atoms with Crippen LogP contribution in [0.1, 0.15) is 50.4 Å². The predicted molar refractivity (Wildman–Crippen MR) is 91.5 cm³/mol. The number of hydrogen-bond donors (Lipinski definition) is 1. The Morgan fingerprint density at radius 2 is 2.05 bits per heavy atom. The highest BCUT2D eigenvalue weighted by atomic mass is 35.5. The van der Waals surface area contributed by atoms with Gasteiger partial charge in [-0.3, -0.25) is 10.1 Å². The van der Waals surface area contributed by atoms with Crippen LogP contribution in [0.2, 0.25) is 5.02 Å². The number of rotatable bonds is 7. The smallest absolute Gasteiger partial charge is 0.291 e. The number of carbonyl (C=O) groups excluding carboxylic acids is 1. The van der Waals surface area contributed by atoms with Crippen molar-refractivity contribution >= 4 is 23.5 Å². The van der Waals surface area contributed by atoms with E-state index in [-0.39, 0.29) is 11.9 Å². The van der Waals surface area contributed by atoms with Gasteiger partial charge in [-0.15, -0.1) is 0 Å². The Labute approximate surface area is 137 Å². The molecule has 0 heterocycles. The summed E-state index contributed by atoms with van der Waals surface area (Å²) in [6.45, 7) is 7.38. The monoisotopic (exact) mass is 324 g/mol. The molecule has 0 aromatic heterocycles. The van der Waals surface area contributed by atoms with Gasteiger partial charge < -0.3 is 4.74 Å². The second kappa shape index (κ2) is 10.2. The van der Waals surface area contributed by atoms with Crippen molar-refractivity contribution in [3.05, 3.63) is 34.9 Å². The van der Waals surface area contributed by atoms with Gasteiger partial charge in [0.25, 0.3) is 11.9 Å². The number of nitrogens with one attached hydrogen (secondary N) is 1. The van der Waals surface area contributed by atoms with Gasteiger partial charge in [0.05, 0.1) is 17.2 Å². The maximum absolute atomic E-state index is 12.3. The molecule has 0 atom stereocenters. The molecule has 0 unspecified atom stereocenters. The molecule has 122 valence electrons. The predicted octanol–water partition coefficient (Wildman–Crippen LogP) is 4.29. The van der Waals surface area contributed by atoms with Crippen LogP contribution in [0.25, 0.3) is 0 Å². The van der Waals surface area contributed by atoms with E-state index in [0.717, 1.165) is 19.3 Å². The van der Waals surface area contributed by atoms with Gasteiger partial charge in [-0.1, -0.05) is 57.3 Å². The summed E-state index contributed by atoms with van der Waals surface area (Å²) in [5, 5.41) is 3.12. The molecule has 0 aliphatic rings. The molecule has 0 bridgehead atoms. The van der Waals surface area contributed by atoms with E-state index in [4.69, 9.17) is 16.3 Å². The molecule has 4 nitrogen and oxygen atoms in total. The molecule has 1 rings (SSSR count). The summed E-state index contributed by atoms with van der Waals surface area (Å²) < 4.78 is 5.59. The number of unbranched alkanes of at least 4 members (excludes halogenated alkanes) is 2. The summed E-state index contributed by atoms with van der Waals surface area (Å²) in [5.74, 6) is 0.0571. The molecule has 0 saturated carbocycles. The van der Waals surface area contributed by atoms with E-state index in [1.54, 1.807) is 24.3 Å². The van der Waals surface area contributed by atoms with Gasteiger partial charge in [-0.25, -0.2) is 4.99 Å². The van der Waals surface area contributed by atoms with Crippen LogP contribution in [-0.4, -0.2) is 25.1 Å². The van der Waals surface area contributed by atoms with Gasteiger partial charge in [0.15, 0.2) is 0 Å². The van der Waals surface area contributed by atoms with Crippen LogP contribution >= 0.6 is 11.6 Å². The molecule has 0 saturated heterocycles. The molecular formula is C17H25ClN2O2. The van der Waals surface area contributed by atoms with Gasteiger partial charge in [0.2, 0.25) is 0 Å². The minimum atomic E-state index is -0.302. The third kappa shape index (κ3) is 6.94. The minimum Gasteiger partial charge on any atom is -0.465 e. The van der Waals surface area contributed by atoms with Crippen LogP contribution in [0.4, 0.5) is 0 Å². The van der Waals surface area contributed by atoms with Crippen molar-refractivity contribution in [3.63, 3.8) is 0 Å². The van der Waals surface area contributed by atoms with Crippen LogP contribution in [0.3, 0.4) is 0 Å². The zero-order valence-electron chi connectivity index (χ0n) is 13.6. The Balaban J connectivity index is 2.70. The first kappa shape index (κ1) is 18.5. The van der Waals surface area contributed by atoms with Gasteiger partial charge in [-0.05, 0) is 24.5 Å². The minimum absolute atomic E-state index is 0.273. The largest absolute Gasteiger partial charge is 0.465 e. The molecular weight excluding hydrogens is 300 g/mol. The van der Waals surface area contributed by atoms with E-state index >= 15 is 0 Å². The average molecular weight is 325 g/mol. The number of hydrogen-bond acceptors (Lipinski definition) is 3. The van der Waals surface area contributed by atoms with Gasteiger partial charge in [-0.2, -0.15) is 0 Å². The summed E-state index contributed by atoms with van der Waals surface area (Å²) in [6, 6.07) is 7.19. The molecule has 1 N–H and O–H groups in total. The highest BCUT2D eigenvalue weighted by molar-refractivity contribution is 6.34. The van der Waals surface area contributed by atoms with Gasteiger partial charge in [0.1, 0.15) is 0 Å². The second-order valence-corrected chi connectivity index (χ2v) is 5.94. The lowest BCUT2D eigenvalue weighted by molar-refractivity contribution is 0.0963. The van der Waals surface area contributed by atoms with Crippen molar-refractivity contribution in [2.24, 2.45) is 10.9 Å². The van der Waals surface area contributed by atoms with Crippen molar-refractivity contribution in [3.8, 4) is 0 Å². The molecule has 0 spiro atoms. The van der Waals surface area contributed by atoms with E-state index in [9.17, 15) is 4.79 Å². The van der Waals surface area contributed by atoms with Crippen molar-refractivity contribution < 1.29 is 9.53 Å². The normalized spacial score (nSPS) is 11.6. The molecule has 0 fully saturated rings. The summed E-state index contributed by atoms with van der Waals surface area (Å²) >= 11 is 6.03. The van der Waals surface area contributed by atoms with Crippen LogP contribution in [0, 0.1) is 5.92 Å². The Hall–Kier alpha value is -1.55. The summed E-state index contributed by atoms with van der Waals surface area (Å²) in [5.41, 5.74) is 0.415. The molecule has 1 aromatic rings. The van der Waals surface area contributed by atoms with E-state index in [0.29, 0.717) is 29.7 Å². The summed E-state index contributed by atoms with van der Waals surface area (Å²) in [6.07, 6.45) is 3.22. The number of aliphatic imine (C=N–C) groups is 1. The highest BCUT2D eigenvalue weighted by Crippen LogP contribution is 2.14. The third-order valence-electron chi connectivity index (χ3n) is 2.91. The number of carbonyl (C=O) groups is 1. The van der Waals surface area contributed by atoms with Crippen LogP contribution < -0.4 is 5.32 Å². The Kier molecular flexibility index (Phi) is 8.60. The van der Waals surface area contributed by atoms with Crippen LogP contribution in [-0.2, 0) is 4.74 Å². The number of nitrogens with zero attached hydrogens (tertiary/aromatic N) is 1. The van der Waals surface area contributed by atoms with E-state index in [2.05, 4.69) is 17.2 Å². The summed E-state index contributed by atoms with van der Waals surface area (Å²) in [4.78, 5) is 16.6. The van der Waals surface area contributed by atoms with Crippen molar-refractivity contribution in [2.75, 3.05) is 13.2 Å². The Morgan fingerprint density at radius 1 is 1.32 bits per heavy atom. The fraction of sp³-hybridized carbons (Fsp3) is 0.529. The number of ether oxygens (including phenoxy) is 1. The lowest BCUT2D eigenvalue weighted by atomic mass is 10.2. The van der Waals surface area contributed by atoms with Gasteiger partial charge in [0, 0.05) is 6.54 Å². The maximum atomic E-state index is 12.3. The second-order valence-electron chi connectivity index (χ2n) is 5.53. The molecule has 0 aliphatic heterocycles. The molecule has 1 amide bonds. The quantitative estimate of drug-likeness (QED) is 0.462. The van der Waals surface area contributed by atoms with E-state index < -0.39 is 0 Å². The maximum Gasteiger partial charge on any atom is 0.291 e. The number of benzene rings is 1. The Morgan fingerprint density at radius 3 is 2.68 bits per heavy atom. The lowest BCUT2D eigenvalue weighted by Gasteiger charge is -2.13. The topological polar surface area (TPSA) is 50.7 Å². The first-order valence-corrected chi connectivity index (χ1v) is 8.15. The zero-order chi connectivity index (χ0) is 16.4. The zero-order valence-corrected chi connectivity index (χ0v) is 14.3. The molecule has 22 heavy (non-hydrogen) atoms. The summed E-state index contributed by atoms with van der Waals surface area (Å²) in [7, 11) is 0. The third-order valence-corrected chi connectivity index (χ3v) is 3.24. The molecule has 1 aromatic carbocycles. The average Bonchev–Trinajstić information content (AvgIpc) is 2.49. The Bertz CT molecular complexity index is 501. The van der Waals surface area contributed by atoms with Crippen molar-refractivity contribution in [2.45, 2.75) is 40.0 Å². The fourth-order valence-corrected chi connectivity index (χ4v) is 1.94. The van der Waals surface area contributed by atoms with E-state index in [1.165, 1.54) is 0 Å². The number of amides is 1. The number of amidine groups is 1. The first-order chi connectivity index (χ1) is 10.5. The van der Waals surface area contributed by atoms with Crippen LogP contribution in [0.5, 0.6) is 0 Å². The number of halogens is 1. The standard InChI is InChI=1S/C17H25ClN2O2/c1-4-5-8-11-19-17(22-12-13(2)3)20-16(21)14-9-6-7-10-15(14)18/h6-7,9-10,13H,4-5,8,11-12H2,1-3H3,(H,19,20,21). The fourth-order valence-electron chi connectivity index (χ4n) is 1.72. The van der Waals surface area contributed by atoms with E-state index in [1.807, 2.05) is 13.8 Å². The molecule has 5 heteroatoms. The first-order valence-electron chi connectivity index (χ1n) is 7.77. The van der Waals surface area contributed by atoms with Crippen molar-refractivity contribution in [1.29, 1.82) is 0 Å². The van der Waals surface area contributed by atoms with Gasteiger partial charge >= 0.3 is 0 Å². The van der Waals surface area contributed by atoms with Crippen molar-refractivity contribution in [1.82, 2.24) is 5.32 Å². The SMILES string of the molecule is CCCCCN=C(NC(=O)c1ccccc1Cl)OCC(C)C. The lowest BCUT2D eigenvalue weighted by Crippen LogP contribution is -2.33. The molecule has 0 radical (unpaired) electrons.